The van der Waals surface area contributed by atoms with Gasteiger partial charge in [0.15, 0.2) is 0 Å². The van der Waals surface area contributed by atoms with Crippen molar-refractivity contribution in [2.75, 3.05) is 11.9 Å². The van der Waals surface area contributed by atoms with E-state index in [1.54, 1.807) is 14.0 Å². The van der Waals surface area contributed by atoms with Crippen molar-refractivity contribution >= 4 is 33.5 Å². The van der Waals surface area contributed by atoms with Gasteiger partial charge < -0.3 is 10.0 Å². The summed E-state index contributed by atoms with van der Waals surface area (Å²) in [7, 11) is 1.60. The lowest BCUT2D eigenvalue weighted by molar-refractivity contribution is -0.146. The molecule has 1 amide bonds. The number of hydrogen-bond acceptors (Lipinski definition) is 2. The quantitative estimate of drug-likeness (QED) is 0.870. The highest BCUT2D eigenvalue weighted by Gasteiger charge is 2.28. The van der Waals surface area contributed by atoms with Crippen molar-refractivity contribution in [2.24, 2.45) is 5.92 Å². The first-order valence-corrected chi connectivity index (χ1v) is 6.44. The molecule has 0 spiro atoms. The van der Waals surface area contributed by atoms with Crippen LogP contribution in [0.3, 0.4) is 0 Å². The minimum atomic E-state index is -1.08. The number of aryl methyl sites for hydroxylation is 1. The summed E-state index contributed by atoms with van der Waals surface area (Å²) >= 11 is 3.34. The molecular weight excluding hydrogens is 298 g/mol. The number of benzene rings is 1. The van der Waals surface area contributed by atoms with Crippen LogP contribution in [0.2, 0.25) is 0 Å². The maximum atomic E-state index is 12.1. The molecule has 0 bridgehead atoms. The van der Waals surface area contributed by atoms with Gasteiger partial charge >= 0.3 is 5.97 Å². The number of amides is 1. The third kappa shape index (κ3) is 3.10. The second kappa shape index (κ2) is 6.00. The number of carboxylic acids is 1. The zero-order chi connectivity index (χ0) is 13.9. The Morgan fingerprint density at radius 1 is 1.44 bits per heavy atom. The van der Waals surface area contributed by atoms with Crippen LogP contribution in [0, 0.1) is 12.8 Å². The van der Waals surface area contributed by atoms with Gasteiger partial charge in [0.05, 0.1) is 0 Å². The Hall–Kier alpha value is -1.36. The number of carbonyl (C=O) groups is 2. The zero-order valence-electron chi connectivity index (χ0n) is 10.6. The number of aliphatic carboxylic acids is 1. The molecule has 5 heteroatoms. The van der Waals surface area contributed by atoms with E-state index in [0.717, 1.165) is 10.0 Å². The van der Waals surface area contributed by atoms with Gasteiger partial charge in [-0.15, -0.1) is 0 Å². The molecule has 1 atom stereocenters. The van der Waals surface area contributed by atoms with Crippen LogP contribution in [-0.2, 0) is 9.59 Å². The van der Waals surface area contributed by atoms with Crippen molar-refractivity contribution in [1.82, 2.24) is 0 Å². The van der Waals surface area contributed by atoms with Gasteiger partial charge in [-0.1, -0.05) is 28.9 Å². The topological polar surface area (TPSA) is 57.6 Å². The number of nitrogens with zero attached hydrogens (tertiary/aromatic N) is 1. The van der Waals surface area contributed by atoms with Gasteiger partial charge in [-0.2, -0.15) is 0 Å². The Bertz CT molecular complexity index is 473. The maximum Gasteiger partial charge on any atom is 0.316 e. The van der Waals surface area contributed by atoms with Crippen LogP contribution in [0.15, 0.2) is 22.7 Å². The number of rotatable bonds is 4. The van der Waals surface area contributed by atoms with Crippen LogP contribution in [0.4, 0.5) is 5.69 Å². The second-order valence-corrected chi connectivity index (χ2v) is 5.04. The van der Waals surface area contributed by atoms with Gasteiger partial charge in [-0.25, -0.2) is 0 Å². The van der Waals surface area contributed by atoms with Crippen molar-refractivity contribution < 1.29 is 14.7 Å². The minimum absolute atomic E-state index is 0.283. The Labute approximate surface area is 115 Å². The van der Waals surface area contributed by atoms with Crippen molar-refractivity contribution in [1.29, 1.82) is 0 Å². The summed E-state index contributed by atoms with van der Waals surface area (Å²) in [4.78, 5) is 24.5. The molecule has 4 nitrogen and oxygen atoms in total. The standard InChI is InChI=1S/C13H16BrNO3/c1-4-10(13(17)18)12(16)15(3)11-7-9(14)6-5-8(11)2/h5-7,10H,4H2,1-3H3,(H,17,18). The summed E-state index contributed by atoms with van der Waals surface area (Å²) in [5.74, 6) is -2.47. The third-order valence-corrected chi connectivity index (χ3v) is 3.36. The highest BCUT2D eigenvalue weighted by molar-refractivity contribution is 9.10. The molecule has 0 aliphatic carbocycles. The molecule has 0 heterocycles. The molecule has 1 aromatic rings. The number of hydrogen-bond donors (Lipinski definition) is 1. The van der Waals surface area contributed by atoms with Gasteiger partial charge in [0, 0.05) is 17.2 Å². The highest BCUT2D eigenvalue weighted by atomic mass is 79.9. The average molecular weight is 314 g/mol. The van der Waals surface area contributed by atoms with E-state index in [1.165, 1.54) is 4.90 Å². The molecule has 98 valence electrons. The Morgan fingerprint density at radius 3 is 2.56 bits per heavy atom. The summed E-state index contributed by atoms with van der Waals surface area (Å²) in [6.07, 6.45) is 0.283. The van der Waals surface area contributed by atoms with Crippen LogP contribution in [0.1, 0.15) is 18.9 Å². The first kappa shape index (κ1) is 14.7. The fraction of sp³-hybridized carbons (Fsp3) is 0.385. The maximum absolute atomic E-state index is 12.1. The molecule has 0 radical (unpaired) electrons. The van der Waals surface area contributed by atoms with Crippen LogP contribution in [0.25, 0.3) is 0 Å². The Kier molecular flexibility index (Phi) is 4.90. The van der Waals surface area contributed by atoms with E-state index in [4.69, 9.17) is 5.11 Å². The fourth-order valence-electron chi connectivity index (χ4n) is 1.75. The molecule has 1 unspecified atom stereocenters. The van der Waals surface area contributed by atoms with Crippen LogP contribution < -0.4 is 4.90 Å². The lowest BCUT2D eigenvalue weighted by atomic mass is 10.0. The summed E-state index contributed by atoms with van der Waals surface area (Å²) in [5, 5.41) is 9.01. The molecule has 1 aromatic carbocycles. The van der Waals surface area contributed by atoms with Gasteiger partial charge in [0.1, 0.15) is 5.92 Å². The Balaban J connectivity index is 3.06. The molecule has 1 N–H and O–H groups in total. The van der Waals surface area contributed by atoms with Crippen molar-refractivity contribution in [3.63, 3.8) is 0 Å². The van der Waals surface area contributed by atoms with Gasteiger partial charge in [-0.3, -0.25) is 9.59 Å². The lowest BCUT2D eigenvalue weighted by Gasteiger charge is -2.22. The summed E-state index contributed by atoms with van der Waals surface area (Å²) in [6.45, 7) is 3.57. The van der Waals surface area contributed by atoms with E-state index in [1.807, 2.05) is 25.1 Å². The van der Waals surface area contributed by atoms with E-state index in [2.05, 4.69) is 15.9 Å². The fourth-order valence-corrected chi connectivity index (χ4v) is 2.10. The molecule has 0 aromatic heterocycles. The molecule has 0 aliphatic heterocycles. The summed E-state index contributed by atoms with van der Waals surface area (Å²) in [5.41, 5.74) is 1.64. The first-order chi connectivity index (χ1) is 8.38. The predicted molar refractivity (Wildman–Crippen MR) is 73.7 cm³/mol. The number of halogens is 1. The smallest absolute Gasteiger partial charge is 0.316 e. The highest BCUT2D eigenvalue weighted by Crippen LogP contribution is 2.25. The molecule has 0 fully saturated rings. The molecule has 0 saturated carbocycles. The molecule has 0 aliphatic rings. The SMILES string of the molecule is CCC(C(=O)O)C(=O)N(C)c1cc(Br)ccc1C. The van der Waals surface area contributed by atoms with E-state index in [-0.39, 0.29) is 6.42 Å². The van der Waals surface area contributed by atoms with Crippen LogP contribution >= 0.6 is 15.9 Å². The predicted octanol–water partition coefficient (Wildman–Crippen LogP) is 2.83. The van der Waals surface area contributed by atoms with Gasteiger partial charge in [0.25, 0.3) is 0 Å². The molecule has 18 heavy (non-hydrogen) atoms. The lowest BCUT2D eigenvalue weighted by Crippen LogP contribution is -2.37. The van der Waals surface area contributed by atoms with E-state index in [0.29, 0.717) is 5.69 Å². The van der Waals surface area contributed by atoms with Crippen molar-refractivity contribution in [2.45, 2.75) is 20.3 Å². The molecular formula is C13H16BrNO3. The molecule has 0 saturated heterocycles. The minimum Gasteiger partial charge on any atom is -0.481 e. The Morgan fingerprint density at radius 2 is 2.06 bits per heavy atom. The van der Waals surface area contributed by atoms with Gasteiger partial charge in [0.2, 0.25) is 5.91 Å². The number of anilines is 1. The van der Waals surface area contributed by atoms with Crippen LogP contribution in [0.5, 0.6) is 0 Å². The zero-order valence-corrected chi connectivity index (χ0v) is 12.2. The third-order valence-electron chi connectivity index (χ3n) is 2.87. The first-order valence-electron chi connectivity index (χ1n) is 5.65. The van der Waals surface area contributed by atoms with Gasteiger partial charge in [-0.05, 0) is 31.0 Å². The normalized spacial score (nSPS) is 12.0. The summed E-state index contributed by atoms with van der Waals surface area (Å²) < 4.78 is 0.853. The van der Waals surface area contributed by atoms with E-state index < -0.39 is 17.8 Å². The van der Waals surface area contributed by atoms with E-state index in [9.17, 15) is 9.59 Å². The van der Waals surface area contributed by atoms with Crippen molar-refractivity contribution in [3.05, 3.63) is 28.2 Å². The summed E-state index contributed by atoms with van der Waals surface area (Å²) in [6, 6.07) is 5.57. The number of carbonyl (C=O) groups excluding carboxylic acids is 1. The average Bonchev–Trinajstić information content (AvgIpc) is 2.31. The van der Waals surface area contributed by atoms with E-state index >= 15 is 0 Å². The molecule has 1 rings (SSSR count). The monoisotopic (exact) mass is 313 g/mol. The van der Waals surface area contributed by atoms with Crippen LogP contribution in [-0.4, -0.2) is 24.0 Å². The second-order valence-electron chi connectivity index (χ2n) is 4.13. The number of carboxylic acid groups (broad SMARTS) is 1. The largest absolute Gasteiger partial charge is 0.481 e. The van der Waals surface area contributed by atoms with Crippen molar-refractivity contribution in [3.8, 4) is 0 Å².